The van der Waals surface area contributed by atoms with Crippen molar-refractivity contribution < 1.29 is 14.7 Å². The lowest BCUT2D eigenvalue weighted by atomic mass is 10.0. The molecule has 0 bridgehead atoms. The van der Waals surface area contributed by atoms with Crippen LogP contribution in [-0.4, -0.2) is 21.6 Å². The van der Waals surface area contributed by atoms with E-state index in [-0.39, 0.29) is 12.1 Å². The van der Waals surface area contributed by atoms with Gasteiger partial charge in [0.2, 0.25) is 0 Å². The minimum atomic E-state index is -1.01. The maximum absolute atomic E-state index is 11.7. The number of benzene rings is 2. The second kappa shape index (κ2) is 5.89. The molecule has 0 saturated carbocycles. The van der Waals surface area contributed by atoms with E-state index in [1.54, 1.807) is 30.3 Å². The molecule has 0 unspecified atom stereocenters. The number of rotatable bonds is 4. The lowest BCUT2D eigenvalue weighted by molar-refractivity contribution is -0.137. The van der Waals surface area contributed by atoms with Crippen molar-refractivity contribution in [2.24, 2.45) is 5.73 Å². The van der Waals surface area contributed by atoms with E-state index < -0.39 is 11.9 Å². The van der Waals surface area contributed by atoms with Gasteiger partial charge in [-0.05, 0) is 35.4 Å². The quantitative estimate of drug-likeness (QED) is 0.769. The topological polar surface area (TPSA) is 109 Å². The van der Waals surface area contributed by atoms with Gasteiger partial charge in [-0.25, -0.2) is 0 Å². The Hall–Kier alpha value is -3.59. The minimum absolute atomic E-state index is 0.257. The van der Waals surface area contributed by atoms with Crippen LogP contribution in [0.1, 0.15) is 15.9 Å². The molecule has 3 rings (SSSR count). The highest BCUT2D eigenvalue weighted by molar-refractivity contribution is 6.07. The molecular weight excluding hydrogens is 306 g/mol. The summed E-state index contributed by atoms with van der Waals surface area (Å²) in [5, 5.41) is 18.6. The summed E-state index contributed by atoms with van der Waals surface area (Å²) in [4.78, 5) is 22.7. The van der Waals surface area contributed by atoms with Crippen LogP contribution in [0.4, 0.5) is 0 Å². The van der Waals surface area contributed by atoms with Crippen molar-refractivity contribution in [1.29, 1.82) is 5.26 Å². The van der Waals surface area contributed by atoms with E-state index in [9.17, 15) is 9.59 Å². The first-order valence-corrected chi connectivity index (χ1v) is 7.14. The summed E-state index contributed by atoms with van der Waals surface area (Å²) in [7, 11) is 0. The van der Waals surface area contributed by atoms with Crippen LogP contribution in [0.3, 0.4) is 0 Å². The third kappa shape index (κ3) is 2.71. The lowest BCUT2D eigenvalue weighted by Crippen LogP contribution is -2.11. The Balaban J connectivity index is 2.20. The number of nitriles is 1. The third-order valence-corrected chi connectivity index (χ3v) is 3.78. The second-order valence-corrected chi connectivity index (χ2v) is 5.35. The zero-order valence-corrected chi connectivity index (χ0v) is 12.6. The number of carboxylic acids is 1. The fourth-order valence-electron chi connectivity index (χ4n) is 2.72. The van der Waals surface area contributed by atoms with Crippen LogP contribution in [0.25, 0.3) is 22.0 Å². The normalized spacial score (nSPS) is 10.5. The second-order valence-electron chi connectivity index (χ2n) is 5.35. The lowest BCUT2D eigenvalue weighted by Gasteiger charge is -2.05. The highest BCUT2D eigenvalue weighted by atomic mass is 16.4. The zero-order valence-electron chi connectivity index (χ0n) is 12.6. The third-order valence-electron chi connectivity index (χ3n) is 3.78. The first-order chi connectivity index (χ1) is 11.5. The Morgan fingerprint density at radius 3 is 2.58 bits per heavy atom. The van der Waals surface area contributed by atoms with Crippen molar-refractivity contribution >= 4 is 22.8 Å². The minimum Gasteiger partial charge on any atom is -0.480 e. The zero-order chi connectivity index (χ0) is 17.3. The molecule has 1 amide bonds. The number of nitrogens with zero attached hydrogens (tertiary/aromatic N) is 2. The number of carboxylic acid groups (broad SMARTS) is 1. The van der Waals surface area contributed by atoms with E-state index in [4.69, 9.17) is 16.1 Å². The molecule has 0 atom stereocenters. The maximum Gasteiger partial charge on any atom is 0.323 e. The number of nitrogens with two attached hydrogens (primary N) is 1. The Kier molecular flexibility index (Phi) is 3.76. The fraction of sp³-hybridized carbons (Fsp3) is 0.0556. The number of aromatic nitrogens is 1. The Morgan fingerprint density at radius 2 is 1.92 bits per heavy atom. The van der Waals surface area contributed by atoms with Gasteiger partial charge in [0.1, 0.15) is 6.54 Å². The number of amides is 1. The molecule has 0 fully saturated rings. The molecular formula is C18H13N3O3. The van der Waals surface area contributed by atoms with E-state index >= 15 is 0 Å². The maximum atomic E-state index is 11.7. The summed E-state index contributed by atoms with van der Waals surface area (Å²) < 4.78 is 1.48. The Bertz CT molecular complexity index is 1010. The van der Waals surface area contributed by atoms with Crippen LogP contribution in [0, 0.1) is 11.3 Å². The summed E-state index contributed by atoms with van der Waals surface area (Å²) in [6.07, 6.45) is 1.45. The Morgan fingerprint density at radius 1 is 1.17 bits per heavy atom. The van der Waals surface area contributed by atoms with Crippen molar-refractivity contribution in [3.63, 3.8) is 0 Å². The molecule has 1 aromatic heterocycles. The van der Waals surface area contributed by atoms with Crippen molar-refractivity contribution in [2.75, 3.05) is 0 Å². The van der Waals surface area contributed by atoms with Crippen LogP contribution in [-0.2, 0) is 11.3 Å². The molecule has 0 aliphatic heterocycles. The number of fused-ring (bicyclic) bond motifs is 1. The van der Waals surface area contributed by atoms with E-state index in [0.717, 1.165) is 11.1 Å². The number of aliphatic carboxylic acids is 1. The van der Waals surface area contributed by atoms with E-state index in [1.807, 2.05) is 12.1 Å². The standard InChI is InChI=1S/C18H13N3O3/c19-8-11-2-1-3-12(6-11)13-4-5-16-14(7-13)15(18(20)24)9-21(16)10-17(22)23/h1-7,9H,10H2,(H2,20,24)(H,22,23). The Labute approximate surface area is 137 Å². The van der Waals surface area contributed by atoms with Crippen LogP contribution < -0.4 is 5.73 Å². The van der Waals surface area contributed by atoms with Gasteiger partial charge in [0, 0.05) is 17.1 Å². The molecule has 0 spiro atoms. The number of carbonyl (C=O) groups is 2. The predicted molar refractivity (Wildman–Crippen MR) is 88.2 cm³/mol. The van der Waals surface area contributed by atoms with Gasteiger partial charge < -0.3 is 15.4 Å². The highest BCUT2D eigenvalue weighted by Gasteiger charge is 2.15. The van der Waals surface area contributed by atoms with Crippen LogP contribution in [0.2, 0.25) is 0 Å². The van der Waals surface area contributed by atoms with Crippen LogP contribution in [0.15, 0.2) is 48.7 Å². The molecule has 24 heavy (non-hydrogen) atoms. The molecule has 0 radical (unpaired) electrons. The van der Waals surface area contributed by atoms with Gasteiger partial charge in [-0.1, -0.05) is 18.2 Å². The molecule has 6 nitrogen and oxygen atoms in total. The van der Waals surface area contributed by atoms with Gasteiger partial charge in [-0.15, -0.1) is 0 Å². The van der Waals surface area contributed by atoms with Gasteiger partial charge in [0.05, 0.1) is 17.2 Å². The van der Waals surface area contributed by atoms with Crippen molar-refractivity contribution in [3.8, 4) is 17.2 Å². The summed E-state index contributed by atoms with van der Waals surface area (Å²) in [5.41, 5.74) is 8.48. The fourth-order valence-corrected chi connectivity index (χ4v) is 2.72. The number of primary amides is 1. The summed E-state index contributed by atoms with van der Waals surface area (Å²) in [6.45, 7) is -0.257. The first-order valence-electron chi connectivity index (χ1n) is 7.14. The predicted octanol–water partition coefficient (Wildman–Crippen LogP) is 2.36. The summed E-state index contributed by atoms with van der Waals surface area (Å²) >= 11 is 0. The number of carbonyl (C=O) groups excluding carboxylic acids is 1. The van der Waals surface area contributed by atoms with Crippen LogP contribution >= 0.6 is 0 Å². The molecule has 1 heterocycles. The number of hydrogen-bond acceptors (Lipinski definition) is 3. The van der Waals surface area contributed by atoms with Gasteiger partial charge in [-0.3, -0.25) is 9.59 Å². The van der Waals surface area contributed by atoms with Crippen molar-refractivity contribution in [1.82, 2.24) is 4.57 Å². The van der Waals surface area contributed by atoms with Gasteiger partial charge >= 0.3 is 5.97 Å². The monoisotopic (exact) mass is 319 g/mol. The molecule has 3 N–H and O–H groups in total. The molecule has 3 aromatic rings. The number of hydrogen-bond donors (Lipinski definition) is 2. The molecule has 0 aliphatic rings. The SMILES string of the molecule is N#Cc1cccc(-c2ccc3c(c2)c(C(N)=O)cn3CC(=O)O)c1. The molecule has 2 aromatic carbocycles. The molecule has 118 valence electrons. The molecule has 6 heteroatoms. The van der Waals surface area contributed by atoms with Gasteiger partial charge in [0.25, 0.3) is 5.91 Å². The average molecular weight is 319 g/mol. The highest BCUT2D eigenvalue weighted by Crippen LogP contribution is 2.28. The average Bonchev–Trinajstić information content (AvgIpc) is 2.92. The largest absolute Gasteiger partial charge is 0.480 e. The summed E-state index contributed by atoms with van der Waals surface area (Å²) in [6, 6.07) is 14.5. The van der Waals surface area contributed by atoms with Crippen molar-refractivity contribution in [2.45, 2.75) is 6.54 Å². The van der Waals surface area contributed by atoms with E-state index in [2.05, 4.69) is 6.07 Å². The van der Waals surface area contributed by atoms with E-state index in [1.165, 1.54) is 10.8 Å². The first kappa shape index (κ1) is 15.3. The van der Waals surface area contributed by atoms with Gasteiger partial charge in [0.15, 0.2) is 0 Å². The molecule has 0 saturated heterocycles. The van der Waals surface area contributed by atoms with Gasteiger partial charge in [-0.2, -0.15) is 5.26 Å². The summed E-state index contributed by atoms with van der Waals surface area (Å²) in [5.74, 6) is -1.62. The molecule has 0 aliphatic carbocycles. The van der Waals surface area contributed by atoms with E-state index in [0.29, 0.717) is 16.5 Å². The van der Waals surface area contributed by atoms with Crippen LogP contribution in [0.5, 0.6) is 0 Å². The van der Waals surface area contributed by atoms with Crippen molar-refractivity contribution in [3.05, 3.63) is 59.8 Å². The smallest absolute Gasteiger partial charge is 0.323 e.